The lowest BCUT2D eigenvalue weighted by Crippen LogP contribution is -2.48. The van der Waals surface area contributed by atoms with Crippen LogP contribution >= 0.6 is 0 Å². The molecule has 5 heteroatoms. The molecule has 1 saturated carbocycles. The summed E-state index contributed by atoms with van der Waals surface area (Å²) < 4.78 is 5.34. The fourth-order valence-electron chi connectivity index (χ4n) is 3.76. The van der Waals surface area contributed by atoms with Gasteiger partial charge in [-0.25, -0.2) is 9.68 Å². The number of allylic oxidation sites excluding steroid dienone is 1. The Morgan fingerprint density at radius 3 is 3.00 bits per heavy atom. The van der Waals surface area contributed by atoms with E-state index in [1.807, 2.05) is 13.0 Å². The summed E-state index contributed by atoms with van der Waals surface area (Å²) >= 11 is 0. The van der Waals surface area contributed by atoms with Gasteiger partial charge < -0.3 is 9.84 Å². The smallest absolute Gasteiger partial charge is 0.334 e. The molecule has 0 amide bonds. The average Bonchev–Trinajstić information content (AvgIpc) is 2.71. The molecule has 2 bridgehead atoms. The highest BCUT2D eigenvalue weighted by molar-refractivity contribution is 5.91. The normalized spacial score (nSPS) is 44.2. The van der Waals surface area contributed by atoms with Gasteiger partial charge in [-0.3, -0.25) is 5.26 Å². The number of rotatable bonds is 1. The lowest BCUT2D eigenvalue weighted by molar-refractivity contribution is -0.276. The number of aliphatic hydroxyl groups excluding tert-OH is 1. The van der Waals surface area contributed by atoms with Gasteiger partial charge in [-0.1, -0.05) is 19.6 Å². The fourth-order valence-corrected chi connectivity index (χ4v) is 3.76. The van der Waals surface area contributed by atoms with Crippen molar-refractivity contribution in [3.05, 3.63) is 23.8 Å². The van der Waals surface area contributed by atoms with Crippen LogP contribution in [0.1, 0.15) is 32.6 Å². The second kappa shape index (κ2) is 4.69. The van der Waals surface area contributed by atoms with E-state index in [1.165, 1.54) is 0 Å². The molecule has 2 fully saturated rings. The third-order valence-electron chi connectivity index (χ3n) is 5.14. The molecule has 3 aliphatic rings. The molecule has 3 rings (SSSR count). The number of hydrogen-bond acceptors (Lipinski definition) is 5. The number of ether oxygens (including phenoxy) is 1. The molecule has 110 valence electrons. The van der Waals surface area contributed by atoms with E-state index in [0.29, 0.717) is 31.3 Å². The van der Waals surface area contributed by atoms with Gasteiger partial charge in [0.1, 0.15) is 12.2 Å². The third kappa shape index (κ3) is 1.92. The summed E-state index contributed by atoms with van der Waals surface area (Å²) in [6, 6.07) is 0. The van der Waals surface area contributed by atoms with Crippen LogP contribution in [0.3, 0.4) is 0 Å². The molecular formula is C15H20O5. The summed E-state index contributed by atoms with van der Waals surface area (Å²) in [5.41, 5.74) is 1.05. The number of aliphatic hydroxyl groups is 1. The summed E-state index contributed by atoms with van der Waals surface area (Å²) in [5.74, 6) is -0.600. The predicted molar refractivity (Wildman–Crippen MR) is 70.7 cm³/mol. The van der Waals surface area contributed by atoms with E-state index in [0.717, 1.165) is 5.57 Å². The van der Waals surface area contributed by atoms with Crippen molar-refractivity contribution >= 4 is 5.97 Å². The second-order valence-corrected chi connectivity index (χ2v) is 6.42. The SMILES string of the molecule is C=C1C(=O)O[C@H]2[C@@H]1CC=C1C[C@@](C)(CC[C@@H]1OO)[C@H]2O. The van der Waals surface area contributed by atoms with Crippen LogP contribution in [0.2, 0.25) is 0 Å². The van der Waals surface area contributed by atoms with Crippen LogP contribution in [-0.2, 0) is 14.4 Å². The zero-order valence-electron chi connectivity index (χ0n) is 11.5. The van der Waals surface area contributed by atoms with E-state index in [2.05, 4.69) is 11.5 Å². The molecular weight excluding hydrogens is 260 g/mol. The summed E-state index contributed by atoms with van der Waals surface area (Å²) in [6.07, 6.45) is 3.06. The molecule has 0 aromatic carbocycles. The first-order chi connectivity index (χ1) is 9.46. The molecule has 0 radical (unpaired) electrons. The predicted octanol–water partition coefficient (Wildman–Crippen LogP) is 1.82. The Morgan fingerprint density at radius 2 is 2.30 bits per heavy atom. The quantitative estimate of drug-likeness (QED) is 0.252. The van der Waals surface area contributed by atoms with E-state index < -0.39 is 18.2 Å². The van der Waals surface area contributed by atoms with Gasteiger partial charge >= 0.3 is 5.97 Å². The van der Waals surface area contributed by atoms with Gasteiger partial charge in [-0.2, -0.15) is 0 Å². The van der Waals surface area contributed by atoms with Crippen LogP contribution < -0.4 is 0 Å². The van der Waals surface area contributed by atoms with Crippen LogP contribution in [0.25, 0.3) is 0 Å². The van der Waals surface area contributed by atoms with Gasteiger partial charge in [-0.05, 0) is 31.3 Å². The second-order valence-electron chi connectivity index (χ2n) is 6.42. The van der Waals surface area contributed by atoms with E-state index in [-0.39, 0.29) is 17.4 Å². The van der Waals surface area contributed by atoms with Gasteiger partial charge in [-0.15, -0.1) is 0 Å². The Kier molecular flexibility index (Phi) is 3.23. The number of esters is 1. The summed E-state index contributed by atoms with van der Waals surface area (Å²) in [4.78, 5) is 16.3. The van der Waals surface area contributed by atoms with Gasteiger partial charge in [0.25, 0.3) is 0 Å². The highest BCUT2D eigenvalue weighted by atomic mass is 17.1. The molecule has 20 heavy (non-hydrogen) atoms. The van der Waals surface area contributed by atoms with Crippen LogP contribution in [0.4, 0.5) is 0 Å². The minimum Gasteiger partial charge on any atom is -0.456 e. The molecule has 5 atom stereocenters. The van der Waals surface area contributed by atoms with Crippen molar-refractivity contribution in [1.29, 1.82) is 0 Å². The number of hydrogen-bond donors (Lipinski definition) is 2. The maximum Gasteiger partial charge on any atom is 0.334 e. The Labute approximate surface area is 117 Å². The Bertz CT molecular complexity index is 483. The van der Waals surface area contributed by atoms with E-state index in [9.17, 15) is 9.90 Å². The van der Waals surface area contributed by atoms with Crippen molar-refractivity contribution in [3.63, 3.8) is 0 Å². The largest absolute Gasteiger partial charge is 0.456 e. The molecule has 0 unspecified atom stereocenters. The molecule has 2 aliphatic carbocycles. The van der Waals surface area contributed by atoms with Crippen molar-refractivity contribution in [2.24, 2.45) is 11.3 Å². The molecule has 2 N–H and O–H groups in total. The summed E-state index contributed by atoms with van der Waals surface area (Å²) in [5, 5.41) is 19.7. The maximum absolute atomic E-state index is 11.7. The molecule has 1 saturated heterocycles. The van der Waals surface area contributed by atoms with Crippen molar-refractivity contribution in [2.45, 2.75) is 50.9 Å². The minimum absolute atomic E-state index is 0.190. The van der Waals surface area contributed by atoms with Gasteiger partial charge in [0.05, 0.1) is 6.10 Å². The van der Waals surface area contributed by atoms with E-state index >= 15 is 0 Å². The zero-order chi connectivity index (χ0) is 14.5. The standard InChI is InChI=1S/C15H20O5/c1-8-10-4-3-9-7-15(2,6-5-11(9)20-18)13(16)12(10)19-14(8)17/h3,10-13,16,18H,1,4-7H2,2H3/t10-,11+,12+,13+,15-/m1/s1. The highest BCUT2D eigenvalue weighted by Crippen LogP contribution is 2.49. The van der Waals surface area contributed by atoms with Crippen molar-refractivity contribution in [1.82, 2.24) is 0 Å². The van der Waals surface area contributed by atoms with Crippen molar-refractivity contribution in [3.8, 4) is 0 Å². The van der Waals surface area contributed by atoms with Crippen molar-refractivity contribution in [2.75, 3.05) is 0 Å². The number of fused-ring (bicyclic) bond motifs is 3. The van der Waals surface area contributed by atoms with Crippen LogP contribution in [0.15, 0.2) is 23.8 Å². The van der Waals surface area contributed by atoms with Gasteiger partial charge in [0, 0.05) is 16.9 Å². The average molecular weight is 280 g/mol. The van der Waals surface area contributed by atoms with Crippen LogP contribution in [0.5, 0.6) is 0 Å². The zero-order valence-corrected chi connectivity index (χ0v) is 11.5. The van der Waals surface area contributed by atoms with Crippen LogP contribution in [-0.4, -0.2) is 34.6 Å². The van der Waals surface area contributed by atoms with Gasteiger partial charge in [0.15, 0.2) is 0 Å². The first-order valence-electron chi connectivity index (χ1n) is 7.03. The fraction of sp³-hybridized carbons (Fsp3) is 0.667. The Morgan fingerprint density at radius 1 is 1.55 bits per heavy atom. The molecule has 0 aromatic rings. The molecule has 5 nitrogen and oxygen atoms in total. The van der Waals surface area contributed by atoms with Crippen molar-refractivity contribution < 1.29 is 24.8 Å². The molecule has 1 heterocycles. The summed E-state index contributed by atoms with van der Waals surface area (Å²) in [7, 11) is 0. The maximum atomic E-state index is 11.7. The Balaban J connectivity index is 1.99. The number of carbonyl (C=O) groups excluding carboxylic acids is 1. The monoisotopic (exact) mass is 280 g/mol. The van der Waals surface area contributed by atoms with Gasteiger partial charge in [0.2, 0.25) is 0 Å². The van der Waals surface area contributed by atoms with E-state index in [4.69, 9.17) is 9.99 Å². The first kappa shape index (κ1) is 13.8. The Hall–Kier alpha value is -1.17. The molecule has 1 aliphatic heterocycles. The lowest BCUT2D eigenvalue weighted by Gasteiger charge is -2.45. The topological polar surface area (TPSA) is 76.0 Å². The molecule has 0 spiro atoms. The van der Waals surface area contributed by atoms with E-state index in [1.54, 1.807) is 0 Å². The first-order valence-corrected chi connectivity index (χ1v) is 7.03. The number of carbonyl (C=O) groups is 1. The third-order valence-corrected chi connectivity index (χ3v) is 5.14. The summed E-state index contributed by atoms with van der Waals surface area (Å²) in [6.45, 7) is 5.78. The molecule has 0 aromatic heterocycles. The highest BCUT2D eigenvalue weighted by Gasteiger charge is 2.51. The minimum atomic E-state index is -0.723. The lowest BCUT2D eigenvalue weighted by atomic mass is 9.64. The van der Waals surface area contributed by atoms with Crippen LogP contribution in [0, 0.1) is 11.3 Å².